The Kier molecular flexibility index (Phi) is 2.38. The Balaban J connectivity index is 3.08. The zero-order valence-electron chi connectivity index (χ0n) is 7.38. The van der Waals surface area contributed by atoms with Gasteiger partial charge in [0.1, 0.15) is 11.5 Å². The van der Waals surface area contributed by atoms with Gasteiger partial charge >= 0.3 is 0 Å². The summed E-state index contributed by atoms with van der Waals surface area (Å²) in [5.74, 6) is 0.442. The summed E-state index contributed by atoms with van der Waals surface area (Å²) in [5.41, 5.74) is 1.23. The Morgan fingerprint density at radius 2 is 2.08 bits per heavy atom. The van der Waals surface area contributed by atoms with Crippen LogP contribution < -0.4 is 5.32 Å². The second-order valence-corrected chi connectivity index (χ2v) is 2.52. The molecule has 0 bridgehead atoms. The lowest BCUT2D eigenvalue weighted by Crippen LogP contribution is -2.20. The van der Waals surface area contributed by atoms with Crippen molar-refractivity contribution in [3.63, 3.8) is 0 Å². The monoisotopic (exact) mass is 165 g/mol. The van der Waals surface area contributed by atoms with Gasteiger partial charge in [-0.2, -0.15) is 0 Å². The first kappa shape index (κ1) is 8.64. The highest BCUT2D eigenvalue weighted by Gasteiger charge is 2.05. The highest BCUT2D eigenvalue weighted by atomic mass is 16.1. The fraction of sp³-hybridized carbons (Fsp3) is 0.375. The number of aromatic nitrogens is 2. The Morgan fingerprint density at radius 1 is 1.42 bits per heavy atom. The van der Waals surface area contributed by atoms with E-state index in [4.69, 9.17) is 0 Å². The van der Waals surface area contributed by atoms with Gasteiger partial charge in [0, 0.05) is 12.7 Å². The fourth-order valence-corrected chi connectivity index (χ4v) is 0.961. The summed E-state index contributed by atoms with van der Waals surface area (Å²) in [4.78, 5) is 19.2. The molecule has 1 heterocycles. The second-order valence-electron chi connectivity index (χ2n) is 2.52. The summed E-state index contributed by atoms with van der Waals surface area (Å²) in [7, 11) is 1.58. The normalized spacial score (nSPS) is 9.58. The molecule has 12 heavy (non-hydrogen) atoms. The third kappa shape index (κ3) is 1.78. The van der Waals surface area contributed by atoms with Crippen molar-refractivity contribution in [3.8, 4) is 0 Å². The van der Waals surface area contributed by atoms with Gasteiger partial charge in [0.25, 0.3) is 5.91 Å². The van der Waals surface area contributed by atoms with Gasteiger partial charge in [0.15, 0.2) is 0 Å². The van der Waals surface area contributed by atoms with Crippen LogP contribution >= 0.6 is 0 Å². The van der Waals surface area contributed by atoms with Crippen molar-refractivity contribution >= 4 is 5.91 Å². The van der Waals surface area contributed by atoms with E-state index in [1.54, 1.807) is 20.0 Å². The first-order valence-electron chi connectivity index (χ1n) is 3.68. The SMILES string of the molecule is CNC(=O)c1cc(C)nc(C)n1. The van der Waals surface area contributed by atoms with Crippen LogP contribution in [0, 0.1) is 13.8 Å². The summed E-state index contributed by atoms with van der Waals surface area (Å²) in [6.45, 7) is 3.60. The van der Waals surface area contributed by atoms with Crippen LogP contribution in [0.2, 0.25) is 0 Å². The van der Waals surface area contributed by atoms with Gasteiger partial charge in [-0.25, -0.2) is 9.97 Å². The molecule has 1 aromatic heterocycles. The van der Waals surface area contributed by atoms with Crippen molar-refractivity contribution in [2.24, 2.45) is 0 Å². The number of nitrogens with one attached hydrogen (secondary N) is 1. The molecule has 4 nitrogen and oxygen atoms in total. The summed E-state index contributed by atoms with van der Waals surface area (Å²) >= 11 is 0. The third-order valence-electron chi connectivity index (χ3n) is 1.43. The van der Waals surface area contributed by atoms with E-state index in [1.165, 1.54) is 0 Å². The average molecular weight is 165 g/mol. The van der Waals surface area contributed by atoms with E-state index in [9.17, 15) is 4.79 Å². The molecule has 1 N–H and O–H groups in total. The summed E-state index contributed by atoms with van der Waals surface area (Å²) in [6, 6.07) is 1.66. The molecule has 0 aliphatic heterocycles. The maximum Gasteiger partial charge on any atom is 0.269 e. The van der Waals surface area contributed by atoms with Crippen LogP contribution in [-0.4, -0.2) is 22.9 Å². The lowest BCUT2D eigenvalue weighted by atomic mass is 10.3. The van der Waals surface area contributed by atoms with Gasteiger partial charge in [-0.1, -0.05) is 0 Å². The lowest BCUT2D eigenvalue weighted by molar-refractivity contribution is 0.0957. The molecule has 1 aromatic rings. The van der Waals surface area contributed by atoms with Crippen LogP contribution in [0.5, 0.6) is 0 Å². The molecule has 1 rings (SSSR count). The Bertz CT molecular complexity index is 289. The lowest BCUT2D eigenvalue weighted by Gasteiger charge is -2.00. The smallest absolute Gasteiger partial charge is 0.269 e. The fourth-order valence-electron chi connectivity index (χ4n) is 0.961. The zero-order valence-corrected chi connectivity index (χ0v) is 7.38. The molecule has 0 aliphatic rings. The minimum Gasteiger partial charge on any atom is -0.354 e. The van der Waals surface area contributed by atoms with E-state index in [1.807, 2.05) is 6.92 Å². The topological polar surface area (TPSA) is 54.9 Å². The van der Waals surface area contributed by atoms with E-state index < -0.39 is 0 Å². The molecule has 0 aromatic carbocycles. The predicted octanol–water partition coefficient (Wildman–Crippen LogP) is 0.453. The molecule has 64 valence electrons. The number of hydrogen-bond donors (Lipinski definition) is 1. The van der Waals surface area contributed by atoms with Crippen molar-refractivity contribution in [1.82, 2.24) is 15.3 Å². The first-order chi connectivity index (χ1) is 5.63. The Labute approximate surface area is 71.0 Å². The van der Waals surface area contributed by atoms with Gasteiger partial charge in [0.05, 0.1) is 0 Å². The molecule has 0 spiro atoms. The van der Waals surface area contributed by atoms with E-state index >= 15 is 0 Å². The van der Waals surface area contributed by atoms with Crippen molar-refractivity contribution in [3.05, 3.63) is 23.3 Å². The van der Waals surface area contributed by atoms with Crippen molar-refractivity contribution in [2.45, 2.75) is 13.8 Å². The molecule has 1 amide bonds. The summed E-state index contributed by atoms with van der Waals surface area (Å²) in [5, 5.41) is 2.51. The van der Waals surface area contributed by atoms with Crippen LogP contribution in [-0.2, 0) is 0 Å². The highest BCUT2D eigenvalue weighted by molar-refractivity contribution is 5.92. The largest absolute Gasteiger partial charge is 0.354 e. The molecular weight excluding hydrogens is 154 g/mol. The minimum absolute atomic E-state index is 0.177. The summed E-state index contributed by atoms with van der Waals surface area (Å²) < 4.78 is 0. The maximum atomic E-state index is 11.1. The second kappa shape index (κ2) is 3.30. The van der Waals surface area contributed by atoms with E-state index in [-0.39, 0.29) is 5.91 Å². The Hall–Kier alpha value is -1.45. The molecule has 0 radical (unpaired) electrons. The minimum atomic E-state index is -0.177. The number of nitrogens with zero attached hydrogens (tertiary/aromatic N) is 2. The quantitative estimate of drug-likeness (QED) is 0.657. The molecule has 0 unspecified atom stereocenters. The number of carbonyl (C=O) groups excluding carboxylic acids is 1. The number of rotatable bonds is 1. The standard InChI is InChI=1S/C8H11N3O/c1-5-4-7(8(12)9-3)11-6(2)10-5/h4H,1-3H3,(H,9,12). The first-order valence-corrected chi connectivity index (χ1v) is 3.68. The predicted molar refractivity (Wildman–Crippen MR) is 44.9 cm³/mol. The van der Waals surface area contributed by atoms with Crippen LogP contribution in [0.3, 0.4) is 0 Å². The molecule has 0 saturated carbocycles. The average Bonchev–Trinajstić information content (AvgIpc) is 2.01. The van der Waals surface area contributed by atoms with Gasteiger partial charge in [-0.15, -0.1) is 0 Å². The van der Waals surface area contributed by atoms with E-state index in [2.05, 4.69) is 15.3 Å². The molecule has 0 fully saturated rings. The van der Waals surface area contributed by atoms with Crippen LogP contribution in [0.4, 0.5) is 0 Å². The number of aryl methyl sites for hydroxylation is 2. The van der Waals surface area contributed by atoms with Gasteiger partial charge in [-0.05, 0) is 19.9 Å². The number of carbonyl (C=O) groups is 1. The van der Waals surface area contributed by atoms with Crippen molar-refractivity contribution < 1.29 is 4.79 Å². The van der Waals surface area contributed by atoms with Crippen molar-refractivity contribution in [2.75, 3.05) is 7.05 Å². The van der Waals surface area contributed by atoms with E-state index in [0.29, 0.717) is 11.5 Å². The Morgan fingerprint density at radius 3 is 2.58 bits per heavy atom. The van der Waals surface area contributed by atoms with E-state index in [0.717, 1.165) is 5.69 Å². The number of hydrogen-bond acceptors (Lipinski definition) is 3. The van der Waals surface area contributed by atoms with Crippen LogP contribution in [0.15, 0.2) is 6.07 Å². The van der Waals surface area contributed by atoms with Crippen LogP contribution in [0.25, 0.3) is 0 Å². The van der Waals surface area contributed by atoms with Crippen molar-refractivity contribution in [1.29, 1.82) is 0 Å². The molecule has 4 heteroatoms. The number of amides is 1. The van der Waals surface area contributed by atoms with Crippen LogP contribution in [0.1, 0.15) is 22.0 Å². The van der Waals surface area contributed by atoms with Gasteiger partial charge < -0.3 is 5.32 Å². The highest BCUT2D eigenvalue weighted by Crippen LogP contribution is 1.99. The zero-order chi connectivity index (χ0) is 9.14. The maximum absolute atomic E-state index is 11.1. The molecule has 0 aliphatic carbocycles. The van der Waals surface area contributed by atoms with Gasteiger partial charge in [0.2, 0.25) is 0 Å². The molecule has 0 atom stereocenters. The third-order valence-corrected chi connectivity index (χ3v) is 1.43. The molecular formula is C8H11N3O. The molecule has 0 saturated heterocycles. The summed E-state index contributed by atoms with van der Waals surface area (Å²) in [6.07, 6.45) is 0. The van der Waals surface area contributed by atoms with Gasteiger partial charge in [-0.3, -0.25) is 4.79 Å².